The third-order valence-electron chi connectivity index (χ3n) is 6.04. The van der Waals surface area contributed by atoms with Gasteiger partial charge in [0, 0.05) is 20.1 Å². The zero-order chi connectivity index (χ0) is 27.0. The van der Waals surface area contributed by atoms with Crippen molar-refractivity contribution in [1.29, 1.82) is 0 Å². The third-order valence-corrected chi connectivity index (χ3v) is 8.49. The van der Waals surface area contributed by atoms with Crippen LogP contribution in [-0.4, -0.2) is 22.9 Å². The molecule has 0 radical (unpaired) electrons. The van der Waals surface area contributed by atoms with E-state index in [2.05, 4.69) is 27.6 Å². The van der Waals surface area contributed by atoms with Gasteiger partial charge in [-0.3, -0.25) is 9.36 Å². The predicted octanol–water partition coefficient (Wildman–Crippen LogP) is 5.77. The monoisotopic (exact) mass is 656 g/mol. The first-order valence-electron chi connectivity index (χ1n) is 12.0. The lowest BCUT2D eigenvalue weighted by Gasteiger charge is -2.25. The van der Waals surface area contributed by atoms with Gasteiger partial charge in [0.15, 0.2) is 4.80 Å². The van der Waals surface area contributed by atoms with E-state index < -0.39 is 12.0 Å². The Labute approximate surface area is 241 Å². The van der Waals surface area contributed by atoms with Gasteiger partial charge in [-0.1, -0.05) is 35.6 Å². The number of hydrogen-bond acceptors (Lipinski definition) is 7. The molecule has 1 atom stereocenters. The fourth-order valence-corrected chi connectivity index (χ4v) is 6.09. The lowest BCUT2D eigenvalue weighted by Crippen LogP contribution is -2.40. The molecule has 3 heterocycles. The highest BCUT2D eigenvalue weighted by atomic mass is 127. The zero-order valence-corrected chi connectivity index (χ0v) is 25.0. The van der Waals surface area contributed by atoms with E-state index in [1.165, 1.54) is 11.3 Å². The van der Waals surface area contributed by atoms with E-state index in [0.717, 1.165) is 25.4 Å². The van der Waals surface area contributed by atoms with Crippen LogP contribution < -0.4 is 14.9 Å². The molecule has 38 heavy (non-hydrogen) atoms. The largest absolute Gasteiger partial charge is 0.459 e. The Morgan fingerprint density at radius 3 is 2.50 bits per heavy atom. The Morgan fingerprint density at radius 1 is 1.13 bits per heavy atom. The molecule has 2 aromatic heterocycles. The van der Waals surface area contributed by atoms with Crippen molar-refractivity contribution in [2.45, 2.75) is 37.8 Å². The lowest BCUT2D eigenvalue weighted by atomic mass is 9.96. The highest BCUT2D eigenvalue weighted by Crippen LogP contribution is 2.32. The first-order chi connectivity index (χ1) is 18.2. The molecule has 0 unspecified atom stereocenters. The standard InChI is InChI=1S/C29H25IN2O4S2/c1-16(2)35-28(34)25-17(3)31-29-32(26(25)19-7-12-22(37-4)13-8-19)27(33)24(38-29)15-21-11-14-23(36-21)18-5-9-20(30)10-6-18/h5-16,26H,1-4H3/b24-15-/t26-/m1/s1. The van der Waals surface area contributed by atoms with Gasteiger partial charge in [-0.05, 0) is 91.6 Å². The minimum atomic E-state index is -0.644. The number of carbonyl (C=O) groups is 1. The Kier molecular flexibility index (Phi) is 7.78. The van der Waals surface area contributed by atoms with Crippen LogP contribution in [0, 0.1) is 3.57 Å². The average molecular weight is 657 g/mol. The van der Waals surface area contributed by atoms with Gasteiger partial charge in [0.25, 0.3) is 5.56 Å². The summed E-state index contributed by atoms with van der Waals surface area (Å²) in [6, 6.07) is 19.0. The Bertz CT molecular complexity index is 1710. The van der Waals surface area contributed by atoms with Crippen molar-refractivity contribution < 1.29 is 13.9 Å². The Hall–Kier alpha value is -2.89. The summed E-state index contributed by atoms with van der Waals surface area (Å²) in [7, 11) is 0. The third kappa shape index (κ3) is 5.32. The summed E-state index contributed by atoms with van der Waals surface area (Å²) in [5.41, 5.74) is 2.46. The highest BCUT2D eigenvalue weighted by molar-refractivity contribution is 14.1. The van der Waals surface area contributed by atoms with E-state index in [0.29, 0.717) is 26.4 Å². The maximum absolute atomic E-state index is 13.8. The van der Waals surface area contributed by atoms with Crippen molar-refractivity contribution in [3.8, 4) is 11.3 Å². The van der Waals surface area contributed by atoms with Crippen LogP contribution in [0.25, 0.3) is 17.4 Å². The fourth-order valence-electron chi connectivity index (χ4n) is 4.29. The van der Waals surface area contributed by atoms with Gasteiger partial charge in [0.05, 0.1) is 27.9 Å². The van der Waals surface area contributed by atoms with E-state index in [1.807, 2.05) is 66.9 Å². The topological polar surface area (TPSA) is 73.8 Å². The molecule has 4 aromatic rings. The zero-order valence-electron chi connectivity index (χ0n) is 21.2. The first-order valence-corrected chi connectivity index (χ1v) is 15.1. The number of thiazole rings is 1. The number of hydrogen-bond donors (Lipinski definition) is 0. The van der Waals surface area contributed by atoms with Crippen LogP contribution in [0.3, 0.4) is 0 Å². The number of rotatable bonds is 6. The van der Waals surface area contributed by atoms with Gasteiger partial charge in [0.1, 0.15) is 11.5 Å². The molecule has 194 valence electrons. The van der Waals surface area contributed by atoms with Crippen molar-refractivity contribution >= 4 is 57.7 Å². The van der Waals surface area contributed by atoms with Crippen LogP contribution in [0.15, 0.2) is 91.0 Å². The van der Waals surface area contributed by atoms with Crippen molar-refractivity contribution in [3.63, 3.8) is 0 Å². The molecule has 0 aliphatic carbocycles. The van der Waals surface area contributed by atoms with Crippen molar-refractivity contribution in [2.24, 2.45) is 4.99 Å². The lowest BCUT2D eigenvalue weighted by molar-refractivity contribution is -0.143. The summed E-state index contributed by atoms with van der Waals surface area (Å²) in [6.45, 7) is 5.40. The second kappa shape index (κ2) is 11.1. The van der Waals surface area contributed by atoms with E-state index in [-0.39, 0.29) is 11.7 Å². The van der Waals surface area contributed by atoms with Crippen LogP contribution in [0.4, 0.5) is 0 Å². The van der Waals surface area contributed by atoms with Crippen LogP contribution in [-0.2, 0) is 9.53 Å². The first kappa shape index (κ1) is 26.7. The molecule has 0 amide bonds. The van der Waals surface area contributed by atoms with Crippen LogP contribution in [0.1, 0.15) is 38.1 Å². The molecule has 0 saturated carbocycles. The number of nitrogens with zero attached hydrogens (tertiary/aromatic N) is 2. The molecule has 9 heteroatoms. The molecule has 5 rings (SSSR count). The molecule has 0 N–H and O–H groups in total. The predicted molar refractivity (Wildman–Crippen MR) is 160 cm³/mol. The summed E-state index contributed by atoms with van der Waals surface area (Å²) >= 11 is 5.17. The van der Waals surface area contributed by atoms with Crippen LogP contribution >= 0.6 is 45.7 Å². The highest BCUT2D eigenvalue weighted by Gasteiger charge is 2.33. The molecule has 1 aliphatic heterocycles. The van der Waals surface area contributed by atoms with Crippen molar-refractivity contribution in [1.82, 2.24) is 4.57 Å². The Morgan fingerprint density at radius 2 is 1.84 bits per heavy atom. The van der Waals surface area contributed by atoms with Gasteiger partial charge in [-0.15, -0.1) is 11.8 Å². The molecule has 6 nitrogen and oxygen atoms in total. The van der Waals surface area contributed by atoms with E-state index in [9.17, 15) is 9.59 Å². The van der Waals surface area contributed by atoms with E-state index in [1.54, 1.807) is 43.2 Å². The number of carbonyl (C=O) groups excluding carboxylic acids is 1. The van der Waals surface area contributed by atoms with E-state index in [4.69, 9.17) is 9.15 Å². The van der Waals surface area contributed by atoms with E-state index >= 15 is 0 Å². The molecule has 0 spiro atoms. The van der Waals surface area contributed by atoms with Gasteiger partial charge in [-0.25, -0.2) is 9.79 Å². The number of fused-ring (bicyclic) bond motifs is 1. The maximum Gasteiger partial charge on any atom is 0.338 e. The van der Waals surface area contributed by atoms with Crippen LogP contribution in [0.5, 0.6) is 0 Å². The molecule has 0 saturated heterocycles. The normalized spacial score (nSPS) is 15.5. The summed E-state index contributed by atoms with van der Waals surface area (Å²) < 4.78 is 14.8. The minimum absolute atomic E-state index is 0.234. The number of aromatic nitrogens is 1. The summed E-state index contributed by atoms with van der Waals surface area (Å²) in [5, 5.41) is 0. The fraction of sp³-hybridized carbons (Fsp3) is 0.207. The van der Waals surface area contributed by atoms with Crippen molar-refractivity contribution in [2.75, 3.05) is 6.26 Å². The quantitative estimate of drug-likeness (QED) is 0.150. The van der Waals surface area contributed by atoms with Gasteiger partial charge < -0.3 is 9.15 Å². The number of benzene rings is 2. The molecule has 1 aliphatic rings. The molecule has 0 fully saturated rings. The smallest absolute Gasteiger partial charge is 0.338 e. The summed E-state index contributed by atoms with van der Waals surface area (Å²) in [6.07, 6.45) is 3.44. The van der Waals surface area contributed by atoms with Crippen molar-refractivity contribution in [3.05, 3.63) is 107 Å². The maximum atomic E-state index is 13.8. The molecule has 0 bridgehead atoms. The molecular formula is C29H25IN2O4S2. The van der Waals surface area contributed by atoms with Crippen LogP contribution in [0.2, 0.25) is 0 Å². The number of ether oxygens (including phenoxy) is 1. The number of thioether (sulfide) groups is 1. The Balaban J connectivity index is 1.62. The number of allylic oxidation sites excluding steroid dienone is 1. The van der Waals surface area contributed by atoms with Gasteiger partial charge in [0.2, 0.25) is 0 Å². The summed E-state index contributed by atoms with van der Waals surface area (Å²) in [5.74, 6) is 0.823. The summed E-state index contributed by atoms with van der Waals surface area (Å²) in [4.78, 5) is 33.3. The second-order valence-electron chi connectivity index (χ2n) is 9.02. The SMILES string of the molecule is CSc1ccc([C@@H]2C(C(=O)OC(C)C)=C(C)N=c3s/c(=C\c4ccc(-c5ccc(I)cc5)o4)c(=O)n32)cc1. The second-order valence-corrected chi connectivity index (χ2v) is 12.2. The average Bonchev–Trinajstić information content (AvgIpc) is 3.47. The van der Waals surface area contributed by atoms with Gasteiger partial charge >= 0.3 is 5.97 Å². The molecular weight excluding hydrogens is 631 g/mol. The number of furan rings is 1. The minimum Gasteiger partial charge on any atom is -0.459 e. The number of halogens is 1. The van der Waals surface area contributed by atoms with Gasteiger partial charge in [-0.2, -0.15) is 0 Å². The number of esters is 1. The molecule has 2 aromatic carbocycles.